The van der Waals surface area contributed by atoms with Crippen molar-refractivity contribution >= 4 is 35.3 Å². The summed E-state index contributed by atoms with van der Waals surface area (Å²) in [5, 5.41) is 11.4. The second kappa shape index (κ2) is 17.8. The number of aromatic nitrogens is 3. The number of nitrogens with zero attached hydrogens (tertiary/aromatic N) is 4. The molecule has 2 aromatic heterocycles. The third-order valence-electron chi connectivity index (χ3n) is 11.0. The summed E-state index contributed by atoms with van der Waals surface area (Å²) in [6.45, 7) is 7.92. The van der Waals surface area contributed by atoms with Crippen LogP contribution in [-0.4, -0.2) is 85.9 Å². The maximum absolute atomic E-state index is 14.7. The van der Waals surface area contributed by atoms with Gasteiger partial charge in [-0.25, -0.2) is 4.98 Å². The van der Waals surface area contributed by atoms with Crippen molar-refractivity contribution in [1.29, 1.82) is 0 Å². The molecule has 14 heteroatoms. The molecule has 4 N–H and O–H groups in total. The maximum atomic E-state index is 14.7. The van der Waals surface area contributed by atoms with Crippen molar-refractivity contribution < 1.29 is 28.8 Å². The van der Waals surface area contributed by atoms with E-state index in [0.29, 0.717) is 13.0 Å². The molecule has 0 spiro atoms. The lowest BCUT2D eigenvalue weighted by atomic mass is 9.82. The summed E-state index contributed by atoms with van der Waals surface area (Å²) in [5.41, 5.74) is 0.113. The average Bonchev–Trinajstić information content (AvgIpc) is 3.77. The standard InChI is InChI=1S/C39H54N8O6/c1-5-10-28(32(48)37(52)43-21-24-15-17-40-18-16-24)44-36(51)31-27-14-9-13-26(27)23-47(31)38(53)33(39(2,3)4)46-35(50)30(25-11-7-6-8-12-25)45-34(49)29-22-41-19-20-42-29/h15-20,22,25-28,30-31,33H,5-14,21,23H2,1-4H3,(H,43,52)(H,44,51)(H,45,49)(H,46,50)/t26-,27-,28+,30+,31-,33+/m0/s1. The zero-order valence-electron chi connectivity index (χ0n) is 31.3. The molecule has 1 aliphatic heterocycles. The Labute approximate surface area is 311 Å². The predicted molar refractivity (Wildman–Crippen MR) is 196 cm³/mol. The summed E-state index contributed by atoms with van der Waals surface area (Å²) in [4.78, 5) is 96.2. The Morgan fingerprint density at radius 1 is 0.868 bits per heavy atom. The van der Waals surface area contributed by atoms with Gasteiger partial charge in [0.05, 0.1) is 12.2 Å². The van der Waals surface area contributed by atoms with Crippen molar-refractivity contribution in [1.82, 2.24) is 41.1 Å². The fourth-order valence-corrected chi connectivity index (χ4v) is 8.15. The molecule has 5 amide bonds. The number of nitrogens with one attached hydrogen (secondary N) is 4. The number of hydrogen-bond donors (Lipinski definition) is 4. The normalized spacial score (nSPS) is 21.8. The van der Waals surface area contributed by atoms with Gasteiger partial charge in [-0.1, -0.05) is 59.8 Å². The number of ketones is 1. The van der Waals surface area contributed by atoms with E-state index in [4.69, 9.17) is 0 Å². The molecule has 2 aliphatic carbocycles. The molecule has 286 valence electrons. The van der Waals surface area contributed by atoms with Crippen LogP contribution in [0.5, 0.6) is 0 Å². The van der Waals surface area contributed by atoms with Crippen LogP contribution in [0.2, 0.25) is 0 Å². The smallest absolute Gasteiger partial charge is 0.289 e. The molecular formula is C39H54N8O6. The molecule has 0 bridgehead atoms. The van der Waals surface area contributed by atoms with Crippen LogP contribution in [0.25, 0.3) is 0 Å². The van der Waals surface area contributed by atoms with Crippen LogP contribution in [0.1, 0.15) is 108 Å². The van der Waals surface area contributed by atoms with Gasteiger partial charge in [-0.3, -0.25) is 38.7 Å². The molecule has 53 heavy (non-hydrogen) atoms. The first-order chi connectivity index (χ1) is 25.4. The number of likely N-dealkylation sites (tertiary alicyclic amines) is 1. The first kappa shape index (κ1) is 39.5. The van der Waals surface area contributed by atoms with Crippen molar-refractivity contribution in [2.45, 2.75) is 123 Å². The minimum atomic E-state index is -1.06. The summed E-state index contributed by atoms with van der Waals surface area (Å²) in [6.07, 6.45) is 15.2. The molecule has 3 heterocycles. The third-order valence-corrected chi connectivity index (χ3v) is 11.0. The number of Topliss-reactive ketones (excluding diaryl/α,β-unsaturated/α-hetero) is 1. The minimum absolute atomic E-state index is 0.0908. The van der Waals surface area contributed by atoms with Crippen molar-refractivity contribution in [2.24, 2.45) is 23.2 Å². The van der Waals surface area contributed by atoms with Crippen LogP contribution in [0.15, 0.2) is 43.1 Å². The molecule has 0 aromatic carbocycles. The van der Waals surface area contributed by atoms with Gasteiger partial charge in [0.15, 0.2) is 0 Å². The summed E-state index contributed by atoms with van der Waals surface area (Å²) in [5.74, 6) is -3.54. The number of pyridine rings is 1. The van der Waals surface area contributed by atoms with E-state index in [-0.39, 0.29) is 36.4 Å². The Kier molecular flexibility index (Phi) is 13.3. The SMILES string of the molecule is CCC[C@@H](NC(=O)[C@@H]1[C@H]2CCC[C@H]2CN1C(=O)[C@@H](NC(=O)[C@H](NC(=O)c1cnccn1)C1CCCCC1)C(C)(C)C)C(=O)C(=O)NCc1ccncc1. The Bertz CT molecular complexity index is 1610. The van der Waals surface area contributed by atoms with E-state index in [9.17, 15) is 28.8 Å². The molecule has 2 aromatic rings. The van der Waals surface area contributed by atoms with E-state index in [1.165, 1.54) is 18.6 Å². The van der Waals surface area contributed by atoms with Crippen LogP contribution in [0, 0.1) is 23.2 Å². The summed E-state index contributed by atoms with van der Waals surface area (Å²) >= 11 is 0. The molecule has 1 saturated heterocycles. The van der Waals surface area contributed by atoms with Gasteiger partial charge in [0.1, 0.15) is 23.8 Å². The van der Waals surface area contributed by atoms with Gasteiger partial charge in [0, 0.05) is 37.9 Å². The zero-order valence-corrected chi connectivity index (χ0v) is 31.3. The first-order valence-electron chi connectivity index (χ1n) is 19.1. The van der Waals surface area contributed by atoms with Gasteiger partial charge < -0.3 is 26.2 Å². The average molecular weight is 731 g/mol. The van der Waals surface area contributed by atoms with Crippen molar-refractivity contribution in [3.05, 3.63) is 54.4 Å². The largest absolute Gasteiger partial charge is 0.345 e. The van der Waals surface area contributed by atoms with E-state index in [1.807, 2.05) is 27.7 Å². The molecule has 3 aliphatic rings. The monoisotopic (exact) mass is 730 g/mol. The topological polar surface area (TPSA) is 192 Å². The molecule has 2 saturated carbocycles. The van der Waals surface area contributed by atoms with Crippen LogP contribution in [-0.2, 0) is 30.5 Å². The summed E-state index contributed by atoms with van der Waals surface area (Å²) in [7, 11) is 0. The quantitative estimate of drug-likeness (QED) is 0.212. The van der Waals surface area contributed by atoms with Crippen molar-refractivity contribution in [2.75, 3.05) is 6.54 Å². The van der Waals surface area contributed by atoms with E-state index >= 15 is 0 Å². The highest BCUT2D eigenvalue weighted by Gasteiger charge is 2.52. The second-order valence-corrected chi connectivity index (χ2v) is 15.8. The van der Waals surface area contributed by atoms with Crippen LogP contribution in [0.4, 0.5) is 0 Å². The lowest BCUT2D eigenvalue weighted by molar-refractivity contribution is -0.146. The third kappa shape index (κ3) is 9.82. The van der Waals surface area contributed by atoms with E-state index < -0.39 is 64.9 Å². The molecule has 3 fully saturated rings. The highest BCUT2D eigenvalue weighted by atomic mass is 16.2. The van der Waals surface area contributed by atoms with Gasteiger partial charge in [0.25, 0.3) is 11.8 Å². The van der Waals surface area contributed by atoms with Crippen LogP contribution >= 0.6 is 0 Å². The van der Waals surface area contributed by atoms with Crippen molar-refractivity contribution in [3.63, 3.8) is 0 Å². The van der Waals surface area contributed by atoms with Gasteiger partial charge in [-0.05, 0) is 73.0 Å². The molecule has 0 radical (unpaired) electrons. The molecular weight excluding hydrogens is 676 g/mol. The molecule has 6 atom stereocenters. The molecule has 14 nitrogen and oxygen atoms in total. The number of rotatable bonds is 14. The van der Waals surface area contributed by atoms with Crippen molar-refractivity contribution in [3.8, 4) is 0 Å². The fraction of sp³-hybridized carbons (Fsp3) is 0.615. The molecule has 5 rings (SSSR count). The first-order valence-corrected chi connectivity index (χ1v) is 19.1. The van der Waals surface area contributed by atoms with Gasteiger partial charge >= 0.3 is 0 Å². The second-order valence-electron chi connectivity index (χ2n) is 15.8. The Hall–Kier alpha value is -4.75. The van der Waals surface area contributed by atoms with E-state index in [0.717, 1.165) is 56.9 Å². The number of fused-ring (bicyclic) bond motifs is 1. The predicted octanol–water partition coefficient (Wildman–Crippen LogP) is 2.88. The fourth-order valence-electron chi connectivity index (χ4n) is 8.15. The Morgan fingerprint density at radius 2 is 1.60 bits per heavy atom. The number of amides is 5. The van der Waals surface area contributed by atoms with Gasteiger partial charge in [0.2, 0.25) is 23.5 Å². The zero-order chi connectivity index (χ0) is 38.1. The molecule has 0 unspecified atom stereocenters. The lowest BCUT2D eigenvalue weighted by Crippen LogP contribution is -2.62. The number of hydrogen-bond acceptors (Lipinski definition) is 9. The van der Waals surface area contributed by atoms with Gasteiger partial charge in [-0.15, -0.1) is 0 Å². The minimum Gasteiger partial charge on any atom is -0.345 e. The highest BCUT2D eigenvalue weighted by molar-refractivity contribution is 6.38. The number of carbonyl (C=O) groups is 6. The Balaban J connectivity index is 1.34. The number of carbonyl (C=O) groups excluding carboxylic acids is 6. The highest BCUT2D eigenvalue weighted by Crippen LogP contribution is 2.43. The lowest BCUT2D eigenvalue weighted by Gasteiger charge is -2.38. The summed E-state index contributed by atoms with van der Waals surface area (Å²) < 4.78 is 0. The Morgan fingerprint density at radius 3 is 2.26 bits per heavy atom. The van der Waals surface area contributed by atoms with E-state index in [1.54, 1.807) is 29.4 Å². The summed E-state index contributed by atoms with van der Waals surface area (Å²) in [6, 6.07) is -0.372. The van der Waals surface area contributed by atoms with Crippen LogP contribution in [0.3, 0.4) is 0 Å². The van der Waals surface area contributed by atoms with Crippen LogP contribution < -0.4 is 21.3 Å². The maximum Gasteiger partial charge on any atom is 0.289 e. The van der Waals surface area contributed by atoms with E-state index in [2.05, 4.69) is 36.2 Å². The van der Waals surface area contributed by atoms with Gasteiger partial charge in [-0.2, -0.15) is 0 Å².